The third-order valence-electron chi connectivity index (χ3n) is 2.27. The van der Waals surface area contributed by atoms with Crippen molar-refractivity contribution in [1.29, 1.82) is 0 Å². The van der Waals surface area contributed by atoms with E-state index in [-0.39, 0.29) is 15.7 Å². The summed E-state index contributed by atoms with van der Waals surface area (Å²) >= 11 is 13.2. The molecule has 1 aromatic carbocycles. The molecule has 7 heteroatoms. The number of nitro groups is 1. The molecular weight excluding hydrogens is 295 g/mol. The first-order valence-electron chi connectivity index (χ1n) is 4.97. The zero-order valence-corrected chi connectivity index (χ0v) is 11.4. The summed E-state index contributed by atoms with van der Waals surface area (Å²) in [5.41, 5.74) is 0.281. The first-order valence-corrected chi connectivity index (χ1v) is 6.61. The Morgan fingerprint density at radius 3 is 2.67 bits per heavy atom. The van der Waals surface area contributed by atoms with E-state index in [0.717, 1.165) is 4.88 Å². The van der Waals surface area contributed by atoms with Crippen molar-refractivity contribution in [2.75, 3.05) is 5.32 Å². The molecule has 0 spiro atoms. The molecule has 0 bridgehead atoms. The van der Waals surface area contributed by atoms with Crippen LogP contribution in [0.4, 0.5) is 11.4 Å². The predicted octanol–water partition coefficient (Wildman–Crippen LogP) is 4.58. The Morgan fingerprint density at radius 2 is 2.06 bits per heavy atom. The molecule has 0 saturated heterocycles. The number of hydrogen-bond donors (Lipinski definition) is 1. The quantitative estimate of drug-likeness (QED) is 0.664. The van der Waals surface area contributed by atoms with Crippen LogP contribution in [0.25, 0.3) is 0 Å². The highest BCUT2D eigenvalue weighted by atomic mass is 35.5. The molecule has 0 fully saturated rings. The van der Waals surface area contributed by atoms with Crippen LogP contribution in [0.1, 0.15) is 4.88 Å². The molecule has 4 nitrogen and oxygen atoms in total. The van der Waals surface area contributed by atoms with Crippen molar-refractivity contribution < 1.29 is 4.92 Å². The van der Waals surface area contributed by atoms with Gasteiger partial charge in [-0.3, -0.25) is 10.1 Å². The molecule has 1 N–H and O–H groups in total. The Morgan fingerprint density at radius 1 is 1.33 bits per heavy atom. The van der Waals surface area contributed by atoms with Crippen LogP contribution in [0.2, 0.25) is 10.0 Å². The number of thiophene rings is 1. The Kier molecular flexibility index (Phi) is 4.06. The topological polar surface area (TPSA) is 55.2 Å². The van der Waals surface area contributed by atoms with Gasteiger partial charge in [0.05, 0.1) is 15.0 Å². The highest BCUT2D eigenvalue weighted by Gasteiger charge is 2.16. The molecule has 0 aliphatic heterocycles. The average Bonchev–Trinajstić information content (AvgIpc) is 2.83. The number of hydrogen-bond acceptors (Lipinski definition) is 4. The monoisotopic (exact) mass is 302 g/mol. The van der Waals surface area contributed by atoms with E-state index in [2.05, 4.69) is 5.32 Å². The maximum Gasteiger partial charge on any atom is 0.293 e. The van der Waals surface area contributed by atoms with Crippen LogP contribution >= 0.6 is 34.5 Å². The second-order valence-electron chi connectivity index (χ2n) is 3.47. The maximum atomic E-state index is 10.9. The lowest BCUT2D eigenvalue weighted by molar-refractivity contribution is -0.383. The van der Waals surface area contributed by atoms with Crippen molar-refractivity contribution in [3.8, 4) is 0 Å². The Labute approximate surface area is 117 Å². The normalized spacial score (nSPS) is 10.3. The van der Waals surface area contributed by atoms with Crippen molar-refractivity contribution in [2.45, 2.75) is 6.54 Å². The van der Waals surface area contributed by atoms with E-state index in [9.17, 15) is 10.1 Å². The summed E-state index contributed by atoms with van der Waals surface area (Å²) in [5.74, 6) is 0. The fraction of sp³-hybridized carbons (Fsp3) is 0.0909. The molecule has 0 saturated carbocycles. The average molecular weight is 303 g/mol. The first kappa shape index (κ1) is 13.1. The van der Waals surface area contributed by atoms with Gasteiger partial charge in [-0.1, -0.05) is 29.3 Å². The minimum Gasteiger partial charge on any atom is -0.375 e. The van der Waals surface area contributed by atoms with Gasteiger partial charge in [0.25, 0.3) is 5.69 Å². The Hall–Kier alpha value is -1.30. The fourth-order valence-corrected chi connectivity index (χ4v) is 2.39. The van der Waals surface area contributed by atoms with Gasteiger partial charge in [0.1, 0.15) is 5.69 Å². The smallest absolute Gasteiger partial charge is 0.293 e. The molecule has 1 heterocycles. The van der Waals surface area contributed by atoms with Crippen molar-refractivity contribution in [2.24, 2.45) is 0 Å². The number of nitro benzene ring substituents is 1. The zero-order chi connectivity index (χ0) is 13.1. The first-order chi connectivity index (χ1) is 8.58. The van der Waals surface area contributed by atoms with Gasteiger partial charge in [0.15, 0.2) is 0 Å². The summed E-state index contributed by atoms with van der Waals surface area (Å²) in [4.78, 5) is 11.5. The lowest BCUT2D eigenvalue weighted by Gasteiger charge is -2.07. The molecule has 0 aliphatic rings. The highest BCUT2D eigenvalue weighted by molar-refractivity contribution is 7.09. The minimum absolute atomic E-state index is 0.0824. The maximum absolute atomic E-state index is 10.9. The molecule has 1 aromatic heterocycles. The van der Waals surface area contributed by atoms with Crippen LogP contribution in [0, 0.1) is 10.1 Å². The summed E-state index contributed by atoms with van der Waals surface area (Å²) in [5, 5.41) is 16.3. The summed E-state index contributed by atoms with van der Waals surface area (Å²) < 4.78 is 0. The van der Waals surface area contributed by atoms with Gasteiger partial charge in [0, 0.05) is 17.5 Å². The van der Waals surface area contributed by atoms with Gasteiger partial charge in [0.2, 0.25) is 0 Å². The van der Waals surface area contributed by atoms with E-state index in [1.807, 2.05) is 17.5 Å². The van der Waals surface area contributed by atoms with E-state index in [0.29, 0.717) is 12.2 Å². The predicted molar refractivity (Wildman–Crippen MR) is 74.8 cm³/mol. The molecule has 2 rings (SSSR count). The van der Waals surface area contributed by atoms with Crippen LogP contribution < -0.4 is 5.32 Å². The second kappa shape index (κ2) is 5.56. The van der Waals surface area contributed by atoms with E-state index < -0.39 is 4.92 Å². The third-order valence-corrected chi connectivity index (χ3v) is 3.87. The molecule has 2 aromatic rings. The van der Waals surface area contributed by atoms with Gasteiger partial charge in [-0.25, -0.2) is 0 Å². The van der Waals surface area contributed by atoms with Crippen molar-refractivity contribution in [1.82, 2.24) is 0 Å². The third kappa shape index (κ3) is 2.93. The molecular formula is C11H8Cl2N2O2S. The van der Waals surface area contributed by atoms with Crippen LogP contribution in [0.3, 0.4) is 0 Å². The molecule has 94 valence electrons. The largest absolute Gasteiger partial charge is 0.375 e. The van der Waals surface area contributed by atoms with E-state index >= 15 is 0 Å². The van der Waals surface area contributed by atoms with Crippen LogP contribution in [-0.2, 0) is 6.54 Å². The molecule has 0 amide bonds. The van der Waals surface area contributed by atoms with Crippen molar-refractivity contribution >= 4 is 45.9 Å². The lowest BCUT2D eigenvalue weighted by atomic mass is 10.2. The number of anilines is 1. The fourth-order valence-electron chi connectivity index (χ4n) is 1.42. The van der Waals surface area contributed by atoms with Crippen molar-refractivity contribution in [3.05, 3.63) is 54.7 Å². The van der Waals surface area contributed by atoms with Crippen LogP contribution in [0.5, 0.6) is 0 Å². The summed E-state index contributed by atoms with van der Waals surface area (Å²) in [6.07, 6.45) is 0. The molecule has 0 radical (unpaired) electrons. The molecule has 0 unspecified atom stereocenters. The number of benzene rings is 1. The van der Waals surface area contributed by atoms with E-state index in [4.69, 9.17) is 23.2 Å². The van der Waals surface area contributed by atoms with E-state index in [1.165, 1.54) is 12.1 Å². The van der Waals surface area contributed by atoms with Gasteiger partial charge < -0.3 is 5.32 Å². The minimum atomic E-state index is -0.487. The van der Waals surface area contributed by atoms with Gasteiger partial charge in [-0.05, 0) is 17.5 Å². The molecule has 0 atom stereocenters. The lowest BCUT2D eigenvalue weighted by Crippen LogP contribution is -2.01. The highest BCUT2D eigenvalue weighted by Crippen LogP contribution is 2.34. The van der Waals surface area contributed by atoms with Crippen LogP contribution in [-0.4, -0.2) is 4.92 Å². The Bertz CT molecular complexity index is 573. The van der Waals surface area contributed by atoms with Gasteiger partial charge >= 0.3 is 0 Å². The van der Waals surface area contributed by atoms with Crippen LogP contribution in [0.15, 0.2) is 29.6 Å². The van der Waals surface area contributed by atoms with E-state index in [1.54, 1.807) is 11.3 Å². The SMILES string of the molecule is O=[N+]([O-])c1cc(Cl)c(Cl)cc1NCc1cccs1. The van der Waals surface area contributed by atoms with Crippen molar-refractivity contribution in [3.63, 3.8) is 0 Å². The zero-order valence-electron chi connectivity index (χ0n) is 9.02. The second-order valence-corrected chi connectivity index (χ2v) is 5.32. The summed E-state index contributed by atoms with van der Waals surface area (Å²) in [7, 11) is 0. The standard InChI is InChI=1S/C11H8Cl2N2O2S/c12-8-4-10(11(15(16)17)5-9(8)13)14-6-7-2-1-3-18-7/h1-5,14H,6H2. The number of rotatable bonds is 4. The number of nitrogens with one attached hydrogen (secondary N) is 1. The molecule has 0 aliphatic carbocycles. The number of nitrogens with zero attached hydrogens (tertiary/aromatic N) is 1. The van der Waals surface area contributed by atoms with Gasteiger partial charge in [-0.2, -0.15) is 0 Å². The summed E-state index contributed by atoms with van der Waals surface area (Å²) in [6.45, 7) is 0.510. The molecule has 18 heavy (non-hydrogen) atoms. The summed E-state index contributed by atoms with van der Waals surface area (Å²) in [6, 6.07) is 6.59. The van der Waals surface area contributed by atoms with Gasteiger partial charge in [-0.15, -0.1) is 11.3 Å². The Balaban J connectivity index is 2.25. The number of halogens is 2.